The summed E-state index contributed by atoms with van der Waals surface area (Å²) >= 11 is 5.93. The highest BCUT2D eigenvalue weighted by Crippen LogP contribution is 2.23. The van der Waals surface area contributed by atoms with E-state index in [4.69, 9.17) is 16.3 Å². The molecule has 4 heteroatoms. The minimum absolute atomic E-state index is 0.175. The van der Waals surface area contributed by atoms with Crippen molar-refractivity contribution >= 4 is 23.2 Å². The Morgan fingerprint density at radius 1 is 1.23 bits per heavy atom. The van der Waals surface area contributed by atoms with E-state index in [9.17, 15) is 4.79 Å². The standard InChI is InChI=1S/C18H20ClNO2/c1-4-16(22-17-10-5-7-12(2)13(17)3)18(21)20-15-9-6-8-14(19)11-15/h5-11,16H,4H2,1-3H3,(H,20,21)/t16-/m0/s1. The van der Waals surface area contributed by atoms with E-state index in [0.717, 1.165) is 16.9 Å². The molecule has 2 aromatic carbocycles. The molecule has 22 heavy (non-hydrogen) atoms. The topological polar surface area (TPSA) is 38.3 Å². The van der Waals surface area contributed by atoms with Crippen LogP contribution in [0.15, 0.2) is 42.5 Å². The summed E-state index contributed by atoms with van der Waals surface area (Å²) < 4.78 is 5.89. The molecule has 0 saturated carbocycles. The molecule has 1 atom stereocenters. The average Bonchev–Trinajstić information content (AvgIpc) is 2.48. The molecule has 0 bridgehead atoms. The Balaban J connectivity index is 2.10. The third-order valence-electron chi connectivity index (χ3n) is 3.58. The normalized spacial score (nSPS) is 11.8. The van der Waals surface area contributed by atoms with Crippen LogP contribution in [0.3, 0.4) is 0 Å². The molecule has 3 nitrogen and oxygen atoms in total. The molecule has 0 radical (unpaired) electrons. The summed E-state index contributed by atoms with van der Waals surface area (Å²) in [5, 5.41) is 3.42. The van der Waals surface area contributed by atoms with Crippen molar-refractivity contribution < 1.29 is 9.53 Å². The van der Waals surface area contributed by atoms with Crippen LogP contribution in [0.2, 0.25) is 5.02 Å². The van der Waals surface area contributed by atoms with Crippen LogP contribution in [-0.4, -0.2) is 12.0 Å². The second kappa shape index (κ2) is 7.32. The first-order valence-corrected chi connectivity index (χ1v) is 7.68. The molecule has 0 heterocycles. The zero-order valence-corrected chi connectivity index (χ0v) is 13.8. The van der Waals surface area contributed by atoms with Crippen LogP contribution in [0.5, 0.6) is 5.75 Å². The van der Waals surface area contributed by atoms with Gasteiger partial charge < -0.3 is 10.1 Å². The van der Waals surface area contributed by atoms with Crippen molar-refractivity contribution in [1.82, 2.24) is 0 Å². The van der Waals surface area contributed by atoms with E-state index in [1.54, 1.807) is 24.3 Å². The Morgan fingerprint density at radius 3 is 2.64 bits per heavy atom. The average molecular weight is 318 g/mol. The molecule has 0 spiro atoms. The maximum atomic E-state index is 12.4. The lowest BCUT2D eigenvalue weighted by atomic mass is 10.1. The Bertz CT molecular complexity index is 670. The van der Waals surface area contributed by atoms with Crippen molar-refractivity contribution in [2.75, 3.05) is 5.32 Å². The van der Waals surface area contributed by atoms with E-state index in [0.29, 0.717) is 17.1 Å². The quantitative estimate of drug-likeness (QED) is 0.864. The van der Waals surface area contributed by atoms with Gasteiger partial charge in [-0.1, -0.05) is 36.7 Å². The first-order valence-electron chi connectivity index (χ1n) is 7.30. The summed E-state index contributed by atoms with van der Waals surface area (Å²) in [6.45, 7) is 5.94. The Labute approximate surface area is 136 Å². The summed E-state index contributed by atoms with van der Waals surface area (Å²) in [4.78, 5) is 12.4. The maximum absolute atomic E-state index is 12.4. The van der Waals surface area contributed by atoms with Gasteiger partial charge in [-0.3, -0.25) is 4.79 Å². The molecule has 0 aliphatic carbocycles. The van der Waals surface area contributed by atoms with Crippen molar-refractivity contribution in [2.45, 2.75) is 33.3 Å². The van der Waals surface area contributed by atoms with Crippen molar-refractivity contribution in [3.63, 3.8) is 0 Å². The highest BCUT2D eigenvalue weighted by Gasteiger charge is 2.19. The molecule has 0 aliphatic heterocycles. The number of nitrogens with one attached hydrogen (secondary N) is 1. The number of anilines is 1. The number of carbonyl (C=O) groups excluding carboxylic acids is 1. The first-order chi connectivity index (χ1) is 10.5. The van der Waals surface area contributed by atoms with Crippen LogP contribution in [0.1, 0.15) is 24.5 Å². The number of aryl methyl sites for hydroxylation is 1. The van der Waals surface area contributed by atoms with Crippen LogP contribution in [0, 0.1) is 13.8 Å². The summed E-state index contributed by atoms with van der Waals surface area (Å²) in [5.41, 5.74) is 2.86. The number of rotatable bonds is 5. The van der Waals surface area contributed by atoms with Gasteiger partial charge in [0, 0.05) is 10.7 Å². The van der Waals surface area contributed by atoms with E-state index < -0.39 is 6.10 Å². The van der Waals surface area contributed by atoms with E-state index in [1.165, 1.54) is 0 Å². The third-order valence-corrected chi connectivity index (χ3v) is 3.81. The van der Waals surface area contributed by atoms with Crippen molar-refractivity contribution in [3.05, 3.63) is 58.6 Å². The number of hydrogen-bond acceptors (Lipinski definition) is 2. The Morgan fingerprint density at radius 2 is 1.95 bits per heavy atom. The zero-order chi connectivity index (χ0) is 16.1. The van der Waals surface area contributed by atoms with Gasteiger partial charge in [0.1, 0.15) is 5.75 Å². The monoisotopic (exact) mass is 317 g/mol. The Hall–Kier alpha value is -2.00. The molecule has 0 fully saturated rings. The summed E-state index contributed by atoms with van der Waals surface area (Å²) in [5.74, 6) is 0.568. The maximum Gasteiger partial charge on any atom is 0.265 e. The number of hydrogen-bond donors (Lipinski definition) is 1. The van der Waals surface area contributed by atoms with Gasteiger partial charge in [0.25, 0.3) is 5.91 Å². The zero-order valence-electron chi connectivity index (χ0n) is 13.0. The number of halogens is 1. The van der Waals surface area contributed by atoms with Crippen LogP contribution in [0.4, 0.5) is 5.69 Å². The molecule has 1 N–H and O–H groups in total. The molecule has 0 unspecified atom stereocenters. The smallest absolute Gasteiger partial charge is 0.265 e. The molecule has 2 rings (SSSR count). The molecular weight excluding hydrogens is 298 g/mol. The van der Waals surface area contributed by atoms with Crippen LogP contribution in [-0.2, 0) is 4.79 Å². The van der Waals surface area contributed by atoms with E-state index in [1.807, 2.05) is 39.0 Å². The summed E-state index contributed by atoms with van der Waals surface area (Å²) in [6.07, 6.45) is 0.0410. The molecule has 0 saturated heterocycles. The molecule has 116 valence electrons. The fraction of sp³-hybridized carbons (Fsp3) is 0.278. The van der Waals surface area contributed by atoms with Gasteiger partial charge in [-0.2, -0.15) is 0 Å². The summed E-state index contributed by atoms with van der Waals surface area (Å²) in [7, 11) is 0. The van der Waals surface area contributed by atoms with Gasteiger partial charge in [-0.15, -0.1) is 0 Å². The Kier molecular flexibility index (Phi) is 5.45. The fourth-order valence-corrected chi connectivity index (χ4v) is 2.31. The molecule has 0 aliphatic rings. The largest absolute Gasteiger partial charge is 0.480 e. The van der Waals surface area contributed by atoms with Gasteiger partial charge >= 0.3 is 0 Å². The van der Waals surface area contributed by atoms with Gasteiger partial charge in [-0.25, -0.2) is 0 Å². The highest BCUT2D eigenvalue weighted by atomic mass is 35.5. The fourth-order valence-electron chi connectivity index (χ4n) is 2.12. The number of ether oxygens (including phenoxy) is 1. The second-order valence-electron chi connectivity index (χ2n) is 5.21. The predicted molar refractivity (Wildman–Crippen MR) is 90.7 cm³/mol. The molecule has 2 aromatic rings. The third kappa shape index (κ3) is 4.01. The summed E-state index contributed by atoms with van der Waals surface area (Å²) in [6, 6.07) is 12.9. The number of benzene rings is 2. The van der Waals surface area contributed by atoms with Crippen LogP contribution in [0.25, 0.3) is 0 Å². The number of carbonyl (C=O) groups is 1. The first kappa shape index (κ1) is 16.4. The van der Waals surface area contributed by atoms with Crippen LogP contribution < -0.4 is 10.1 Å². The minimum Gasteiger partial charge on any atom is -0.480 e. The van der Waals surface area contributed by atoms with Crippen LogP contribution >= 0.6 is 11.6 Å². The van der Waals surface area contributed by atoms with Crippen molar-refractivity contribution in [1.29, 1.82) is 0 Å². The lowest BCUT2D eigenvalue weighted by Crippen LogP contribution is -2.32. The second-order valence-corrected chi connectivity index (χ2v) is 5.65. The van der Waals surface area contributed by atoms with Crippen molar-refractivity contribution in [3.8, 4) is 5.75 Å². The predicted octanol–water partition coefficient (Wildman–Crippen LogP) is 4.75. The van der Waals surface area contributed by atoms with Gasteiger partial charge in [0.2, 0.25) is 0 Å². The van der Waals surface area contributed by atoms with Crippen molar-refractivity contribution in [2.24, 2.45) is 0 Å². The lowest BCUT2D eigenvalue weighted by molar-refractivity contribution is -0.122. The molecular formula is C18H20ClNO2. The minimum atomic E-state index is -0.542. The van der Waals surface area contributed by atoms with E-state index >= 15 is 0 Å². The SMILES string of the molecule is CC[C@H](Oc1cccc(C)c1C)C(=O)Nc1cccc(Cl)c1. The molecule has 0 aromatic heterocycles. The van der Waals surface area contributed by atoms with E-state index in [2.05, 4.69) is 5.32 Å². The number of amides is 1. The lowest BCUT2D eigenvalue weighted by Gasteiger charge is -2.19. The van der Waals surface area contributed by atoms with Gasteiger partial charge in [0.05, 0.1) is 0 Å². The van der Waals surface area contributed by atoms with E-state index in [-0.39, 0.29) is 5.91 Å². The highest BCUT2D eigenvalue weighted by molar-refractivity contribution is 6.30. The molecule has 1 amide bonds. The van der Waals surface area contributed by atoms with Gasteiger partial charge in [0.15, 0.2) is 6.10 Å². The van der Waals surface area contributed by atoms with Gasteiger partial charge in [-0.05, 0) is 55.7 Å².